The van der Waals surface area contributed by atoms with Crippen molar-refractivity contribution in [2.75, 3.05) is 60.3 Å². The van der Waals surface area contributed by atoms with E-state index in [1.165, 1.54) is 0 Å². The van der Waals surface area contributed by atoms with Gasteiger partial charge in [0.05, 0.1) is 33.0 Å². The van der Waals surface area contributed by atoms with Crippen LogP contribution in [0.5, 0.6) is 23.0 Å². The molecule has 3 aliphatic rings. The first-order valence-corrected chi connectivity index (χ1v) is 12.1. The highest BCUT2D eigenvalue weighted by atomic mass is 16.5. The van der Waals surface area contributed by atoms with Gasteiger partial charge in [-0.2, -0.15) is 0 Å². The number of morpholine rings is 1. The van der Waals surface area contributed by atoms with Gasteiger partial charge < -0.3 is 23.7 Å². The Balaban J connectivity index is 1.32. The van der Waals surface area contributed by atoms with Gasteiger partial charge in [0.25, 0.3) is 0 Å². The third kappa shape index (κ3) is 4.74. The molecule has 186 valence electrons. The molecule has 3 aliphatic heterocycles. The predicted octanol–water partition coefficient (Wildman–Crippen LogP) is 3.50. The Morgan fingerprint density at radius 3 is 2.63 bits per heavy atom. The van der Waals surface area contributed by atoms with Crippen LogP contribution in [0.15, 0.2) is 30.0 Å². The van der Waals surface area contributed by atoms with E-state index in [1.807, 2.05) is 31.2 Å². The number of ether oxygens (including phenoxy) is 5. The number of nitrogens with zero attached hydrogens (tertiary/aromatic N) is 2. The Morgan fingerprint density at radius 2 is 1.86 bits per heavy atom. The number of carbonyl (C=O) groups excluding carboxylic acids is 1. The number of fused-ring (bicyclic) bond motifs is 2. The maximum Gasteiger partial charge on any atom is 0.231 e. The van der Waals surface area contributed by atoms with Crippen LogP contribution < -0.4 is 18.9 Å². The topological polar surface area (TPSA) is 69.7 Å². The molecule has 0 radical (unpaired) electrons. The summed E-state index contributed by atoms with van der Waals surface area (Å²) in [5.74, 6) is 2.67. The lowest BCUT2D eigenvalue weighted by Gasteiger charge is -2.31. The maximum atomic E-state index is 13.3. The van der Waals surface area contributed by atoms with Crippen LogP contribution in [0, 0.1) is 6.92 Å². The fraction of sp³-hybridized carbons (Fsp3) is 0.444. The number of benzene rings is 2. The average molecular weight is 481 g/mol. The van der Waals surface area contributed by atoms with Crippen molar-refractivity contribution in [3.63, 3.8) is 0 Å². The van der Waals surface area contributed by atoms with Gasteiger partial charge in [-0.15, -0.1) is 0 Å². The third-order valence-electron chi connectivity index (χ3n) is 6.77. The van der Waals surface area contributed by atoms with Crippen molar-refractivity contribution >= 4 is 11.9 Å². The number of methoxy groups -OCH3 is 2. The number of allylic oxidation sites excluding steroid dienone is 1. The zero-order valence-electron chi connectivity index (χ0n) is 20.6. The minimum absolute atomic E-state index is 0.139. The van der Waals surface area contributed by atoms with E-state index in [0.29, 0.717) is 35.1 Å². The second-order valence-electron chi connectivity index (χ2n) is 9.02. The van der Waals surface area contributed by atoms with Crippen LogP contribution in [0.1, 0.15) is 33.5 Å². The lowest BCUT2D eigenvalue weighted by Crippen LogP contribution is -2.39. The summed E-state index contributed by atoms with van der Waals surface area (Å²) < 4.78 is 28.5. The van der Waals surface area contributed by atoms with E-state index in [1.54, 1.807) is 20.3 Å². The van der Waals surface area contributed by atoms with Crippen molar-refractivity contribution in [2.24, 2.45) is 0 Å². The standard InChI is InChI=1S/C27H32N2O6/c1-18-25-20(16-29(17-34-25)9-5-8-28-10-12-33-13-11-28)14-21-24(30)23(35-26(18)21)15-19-6-4-7-22(31-2)27(19)32-3/h4,6-7,14-15H,5,8-13,16-17H2,1-3H3/b23-15-. The molecule has 0 unspecified atom stereocenters. The molecular weight excluding hydrogens is 448 g/mol. The summed E-state index contributed by atoms with van der Waals surface area (Å²) in [6.07, 6.45) is 2.78. The predicted molar refractivity (Wildman–Crippen MR) is 131 cm³/mol. The van der Waals surface area contributed by atoms with Gasteiger partial charge in [-0.3, -0.25) is 14.6 Å². The van der Waals surface area contributed by atoms with E-state index in [0.717, 1.165) is 69.2 Å². The van der Waals surface area contributed by atoms with Gasteiger partial charge in [-0.1, -0.05) is 12.1 Å². The van der Waals surface area contributed by atoms with Crippen LogP contribution in [0.4, 0.5) is 0 Å². The highest BCUT2D eigenvalue weighted by Gasteiger charge is 2.34. The molecule has 0 aliphatic carbocycles. The number of carbonyl (C=O) groups is 1. The van der Waals surface area contributed by atoms with E-state index < -0.39 is 0 Å². The van der Waals surface area contributed by atoms with Gasteiger partial charge in [0, 0.05) is 42.9 Å². The molecule has 0 spiro atoms. The van der Waals surface area contributed by atoms with E-state index in [4.69, 9.17) is 23.7 Å². The van der Waals surface area contributed by atoms with Crippen LogP contribution in [0.2, 0.25) is 0 Å². The lowest BCUT2D eigenvalue weighted by atomic mass is 10.00. The lowest BCUT2D eigenvalue weighted by molar-refractivity contribution is 0.0329. The fourth-order valence-corrected chi connectivity index (χ4v) is 4.95. The van der Waals surface area contributed by atoms with Crippen LogP contribution in [-0.2, 0) is 11.3 Å². The molecule has 35 heavy (non-hydrogen) atoms. The highest BCUT2D eigenvalue weighted by Crippen LogP contribution is 2.44. The normalized spacial score (nSPS) is 19.2. The van der Waals surface area contributed by atoms with Crippen molar-refractivity contribution in [3.05, 3.63) is 52.3 Å². The molecule has 0 bridgehead atoms. The number of rotatable bonds is 7. The van der Waals surface area contributed by atoms with E-state index in [-0.39, 0.29) is 11.5 Å². The Morgan fingerprint density at radius 1 is 1.06 bits per heavy atom. The molecule has 3 heterocycles. The van der Waals surface area contributed by atoms with E-state index >= 15 is 0 Å². The third-order valence-corrected chi connectivity index (χ3v) is 6.77. The molecule has 0 aromatic heterocycles. The number of hydrogen-bond acceptors (Lipinski definition) is 8. The first-order chi connectivity index (χ1) is 17.1. The molecule has 0 saturated carbocycles. The van der Waals surface area contributed by atoms with E-state index in [2.05, 4.69) is 9.80 Å². The van der Waals surface area contributed by atoms with Gasteiger partial charge in [-0.05, 0) is 38.1 Å². The maximum absolute atomic E-state index is 13.3. The Hall–Kier alpha value is -3.07. The fourth-order valence-electron chi connectivity index (χ4n) is 4.95. The summed E-state index contributed by atoms with van der Waals surface area (Å²) in [5, 5.41) is 0. The number of hydrogen-bond donors (Lipinski definition) is 0. The number of para-hydroxylation sites is 1. The van der Waals surface area contributed by atoms with Crippen molar-refractivity contribution in [3.8, 4) is 23.0 Å². The first kappa shape index (κ1) is 23.7. The molecule has 5 rings (SSSR count). The summed E-state index contributed by atoms with van der Waals surface area (Å²) in [6.45, 7) is 8.89. The summed E-state index contributed by atoms with van der Waals surface area (Å²) in [4.78, 5) is 18.0. The summed E-state index contributed by atoms with van der Waals surface area (Å²) in [6, 6.07) is 7.46. The van der Waals surface area contributed by atoms with Crippen molar-refractivity contribution in [1.29, 1.82) is 0 Å². The molecule has 2 aromatic rings. The SMILES string of the molecule is COc1cccc(/C=C2\Oc3c(cc4c(c3C)OCN(CCCN3CCOCC3)C4)C2=O)c1OC. The molecule has 8 heteroatoms. The minimum atomic E-state index is -0.139. The second-order valence-corrected chi connectivity index (χ2v) is 9.02. The zero-order valence-corrected chi connectivity index (χ0v) is 20.6. The molecular formula is C27H32N2O6. The Kier molecular flexibility index (Phi) is 6.95. The zero-order chi connectivity index (χ0) is 24.4. The summed E-state index contributed by atoms with van der Waals surface area (Å²) in [7, 11) is 3.16. The van der Waals surface area contributed by atoms with Crippen LogP contribution in [-0.4, -0.2) is 75.9 Å². The van der Waals surface area contributed by atoms with Crippen LogP contribution in [0.25, 0.3) is 6.08 Å². The van der Waals surface area contributed by atoms with Gasteiger partial charge in [0.2, 0.25) is 5.78 Å². The Bertz CT molecular complexity index is 1140. The molecule has 1 fully saturated rings. The van der Waals surface area contributed by atoms with Crippen molar-refractivity contribution < 1.29 is 28.5 Å². The van der Waals surface area contributed by atoms with Crippen molar-refractivity contribution in [1.82, 2.24) is 9.80 Å². The molecule has 0 N–H and O–H groups in total. The molecule has 2 aromatic carbocycles. The molecule has 0 amide bonds. The van der Waals surface area contributed by atoms with Gasteiger partial charge >= 0.3 is 0 Å². The van der Waals surface area contributed by atoms with Gasteiger partial charge in [0.15, 0.2) is 17.3 Å². The van der Waals surface area contributed by atoms with Crippen LogP contribution in [0.3, 0.4) is 0 Å². The average Bonchev–Trinajstić information content (AvgIpc) is 3.19. The second kappa shape index (κ2) is 10.3. The van der Waals surface area contributed by atoms with Gasteiger partial charge in [-0.25, -0.2) is 0 Å². The quantitative estimate of drug-likeness (QED) is 0.558. The number of Topliss-reactive ketones (excluding diaryl/α,β-unsaturated/α-hetero) is 1. The summed E-state index contributed by atoms with van der Waals surface area (Å²) >= 11 is 0. The van der Waals surface area contributed by atoms with E-state index in [9.17, 15) is 4.79 Å². The molecule has 8 nitrogen and oxygen atoms in total. The first-order valence-electron chi connectivity index (χ1n) is 12.1. The van der Waals surface area contributed by atoms with Crippen LogP contribution >= 0.6 is 0 Å². The van der Waals surface area contributed by atoms with Crippen molar-refractivity contribution in [2.45, 2.75) is 19.9 Å². The van der Waals surface area contributed by atoms with Gasteiger partial charge in [0.1, 0.15) is 18.2 Å². The Labute approximate surface area is 206 Å². The largest absolute Gasteiger partial charge is 0.493 e. The highest BCUT2D eigenvalue weighted by molar-refractivity contribution is 6.15. The molecule has 1 saturated heterocycles. The smallest absolute Gasteiger partial charge is 0.231 e. The molecule has 0 atom stereocenters. The summed E-state index contributed by atoms with van der Waals surface area (Å²) in [5.41, 5.74) is 3.18. The minimum Gasteiger partial charge on any atom is -0.493 e. The number of ketones is 1. The monoisotopic (exact) mass is 480 g/mol.